The van der Waals surface area contributed by atoms with Gasteiger partial charge in [-0.2, -0.15) is 0 Å². The van der Waals surface area contributed by atoms with Gasteiger partial charge in [-0.3, -0.25) is 9.78 Å². The Morgan fingerprint density at radius 1 is 1.33 bits per heavy atom. The van der Waals surface area contributed by atoms with Gasteiger partial charge in [0.05, 0.1) is 21.2 Å². The molecule has 1 amide bonds. The maximum atomic E-state index is 13.7. The van der Waals surface area contributed by atoms with Gasteiger partial charge in [-0.15, -0.1) is 0 Å². The molecule has 0 atom stereocenters. The molecular formula is C13H10ClFN2O3S. The van der Waals surface area contributed by atoms with Crippen LogP contribution in [-0.2, 0) is 9.84 Å². The van der Waals surface area contributed by atoms with E-state index in [1.807, 2.05) is 0 Å². The van der Waals surface area contributed by atoms with Crippen LogP contribution in [0.3, 0.4) is 0 Å². The molecule has 1 aromatic carbocycles. The number of amides is 1. The highest BCUT2D eigenvalue weighted by Crippen LogP contribution is 2.21. The van der Waals surface area contributed by atoms with Crippen LogP contribution in [0.15, 0.2) is 41.6 Å². The Morgan fingerprint density at radius 2 is 2.05 bits per heavy atom. The molecule has 5 nitrogen and oxygen atoms in total. The Hall–Kier alpha value is -1.99. The molecule has 1 heterocycles. The monoisotopic (exact) mass is 328 g/mol. The van der Waals surface area contributed by atoms with Crippen LogP contribution in [0.1, 0.15) is 10.4 Å². The third-order valence-corrected chi connectivity index (χ3v) is 4.04. The maximum absolute atomic E-state index is 13.7. The van der Waals surface area contributed by atoms with Crippen molar-refractivity contribution >= 4 is 33.0 Å². The molecule has 2 rings (SSSR count). The molecule has 0 aliphatic carbocycles. The first-order chi connectivity index (χ1) is 9.79. The van der Waals surface area contributed by atoms with Gasteiger partial charge in [-0.05, 0) is 24.3 Å². The number of nitrogens with one attached hydrogen (secondary N) is 1. The van der Waals surface area contributed by atoms with Crippen LogP contribution in [0, 0.1) is 5.82 Å². The standard InChI is InChI=1S/C13H10ClFN2O3S/c1-21(19,20)8-2-3-11(15)12(6-8)17-13(18)9-4-5-16-7-10(9)14/h2-7H,1H3,(H,17,18). The highest BCUT2D eigenvalue weighted by Gasteiger charge is 2.15. The Balaban J connectivity index is 2.36. The number of aromatic nitrogens is 1. The summed E-state index contributed by atoms with van der Waals surface area (Å²) in [5.74, 6) is -1.41. The van der Waals surface area contributed by atoms with Gasteiger partial charge in [0.15, 0.2) is 9.84 Å². The van der Waals surface area contributed by atoms with Crippen LogP contribution in [0.2, 0.25) is 5.02 Å². The minimum atomic E-state index is -3.50. The van der Waals surface area contributed by atoms with Crippen molar-refractivity contribution in [3.8, 4) is 0 Å². The number of pyridine rings is 1. The topological polar surface area (TPSA) is 76.1 Å². The second-order valence-corrected chi connectivity index (χ2v) is 6.65. The zero-order chi connectivity index (χ0) is 15.6. The number of rotatable bonds is 3. The summed E-state index contributed by atoms with van der Waals surface area (Å²) < 4.78 is 36.6. The molecule has 0 unspecified atom stereocenters. The summed E-state index contributed by atoms with van der Waals surface area (Å²) in [6.45, 7) is 0. The summed E-state index contributed by atoms with van der Waals surface area (Å²) in [7, 11) is -3.50. The second-order valence-electron chi connectivity index (χ2n) is 4.22. The van der Waals surface area contributed by atoms with E-state index in [0.29, 0.717) is 0 Å². The molecule has 0 spiro atoms. The second kappa shape index (κ2) is 5.79. The van der Waals surface area contributed by atoms with E-state index in [-0.39, 0.29) is 21.2 Å². The number of halogens is 2. The molecule has 0 aliphatic heterocycles. The van der Waals surface area contributed by atoms with Gasteiger partial charge in [0.25, 0.3) is 5.91 Å². The quantitative estimate of drug-likeness (QED) is 0.878. The summed E-state index contributed by atoms with van der Waals surface area (Å²) in [5.41, 5.74) is -0.133. The fraction of sp³-hybridized carbons (Fsp3) is 0.0769. The molecule has 110 valence electrons. The lowest BCUT2D eigenvalue weighted by molar-refractivity contribution is 0.102. The third kappa shape index (κ3) is 3.56. The minimum Gasteiger partial charge on any atom is -0.319 e. The molecule has 1 aromatic heterocycles. The molecule has 8 heteroatoms. The van der Waals surface area contributed by atoms with Crippen molar-refractivity contribution in [2.45, 2.75) is 4.90 Å². The molecular weight excluding hydrogens is 319 g/mol. The van der Waals surface area contributed by atoms with Crippen molar-refractivity contribution in [2.75, 3.05) is 11.6 Å². The molecule has 0 saturated carbocycles. The highest BCUT2D eigenvalue weighted by atomic mass is 35.5. The number of carbonyl (C=O) groups is 1. The van der Waals surface area contributed by atoms with Crippen molar-refractivity contribution in [3.63, 3.8) is 0 Å². The molecule has 0 bridgehead atoms. The van der Waals surface area contributed by atoms with E-state index >= 15 is 0 Å². The first-order valence-corrected chi connectivity index (χ1v) is 7.96. The Bertz CT molecular complexity index is 809. The Labute approximate surface area is 125 Å². The molecule has 1 N–H and O–H groups in total. The van der Waals surface area contributed by atoms with E-state index in [9.17, 15) is 17.6 Å². The van der Waals surface area contributed by atoms with Gasteiger partial charge in [-0.25, -0.2) is 12.8 Å². The van der Waals surface area contributed by atoms with Crippen LogP contribution >= 0.6 is 11.6 Å². The summed E-state index contributed by atoms with van der Waals surface area (Å²) in [4.78, 5) is 15.6. The number of hydrogen-bond donors (Lipinski definition) is 1. The maximum Gasteiger partial charge on any atom is 0.257 e. The lowest BCUT2D eigenvalue weighted by Crippen LogP contribution is -2.14. The number of benzene rings is 1. The fourth-order valence-corrected chi connectivity index (χ4v) is 2.43. The largest absolute Gasteiger partial charge is 0.319 e. The van der Waals surface area contributed by atoms with Gasteiger partial charge in [0, 0.05) is 18.6 Å². The molecule has 0 saturated heterocycles. The zero-order valence-corrected chi connectivity index (χ0v) is 12.4. The van der Waals surface area contributed by atoms with Crippen LogP contribution in [-0.4, -0.2) is 25.6 Å². The van der Waals surface area contributed by atoms with Crippen molar-refractivity contribution in [2.24, 2.45) is 0 Å². The van der Waals surface area contributed by atoms with Crippen LogP contribution in [0.4, 0.5) is 10.1 Å². The van der Waals surface area contributed by atoms with E-state index in [1.54, 1.807) is 0 Å². The first-order valence-electron chi connectivity index (χ1n) is 5.69. The number of nitrogens with zero attached hydrogens (tertiary/aromatic N) is 1. The predicted octanol–water partition coefficient (Wildman–Crippen LogP) is 2.53. The van der Waals surface area contributed by atoms with Crippen molar-refractivity contribution in [1.82, 2.24) is 4.98 Å². The van der Waals surface area contributed by atoms with Crippen LogP contribution in [0.25, 0.3) is 0 Å². The summed E-state index contributed by atoms with van der Waals surface area (Å²) in [5, 5.41) is 2.40. The lowest BCUT2D eigenvalue weighted by atomic mass is 10.2. The number of anilines is 1. The molecule has 2 aromatic rings. The molecule has 0 fully saturated rings. The molecule has 0 aliphatic rings. The van der Waals surface area contributed by atoms with Crippen LogP contribution < -0.4 is 5.32 Å². The highest BCUT2D eigenvalue weighted by molar-refractivity contribution is 7.90. The Kier molecular flexibility index (Phi) is 4.24. The van der Waals surface area contributed by atoms with Crippen LogP contribution in [0.5, 0.6) is 0 Å². The summed E-state index contributed by atoms with van der Waals surface area (Å²) >= 11 is 5.82. The van der Waals surface area contributed by atoms with Gasteiger partial charge in [0.1, 0.15) is 5.82 Å². The number of hydrogen-bond acceptors (Lipinski definition) is 4. The smallest absolute Gasteiger partial charge is 0.257 e. The van der Waals surface area contributed by atoms with Crippen molar-refractivity contribution in [1.29, 1.82) is 0 Å². The van der Waals surface area contributed by atoms with E-state index in [4.69, 9.17) is 11.6 Å². The zero-order valence-electron chi connectivity index (χ0n) is 10.8. The number of carbonyl (C=O) groups excluding carboxylic acids is 1. The normalized spacial score (nSPS) is 11.2. The summed E-state index contributed by atoms with van der Waals surface area (Å²) in [6, 6.07) is 4.52. The van der Waals surface area contributed by atoms with Gasteiger partial charge in [0.2, 0.25) is 0 Å². The number of sulfone groups is 1. The first kappa shape index (κ1) is 15.4. The average Bonchev–Trinajstić information content (AvgIpc) is 2.40. The lowest BCUT2D eigenvalue weighted by Gasteiger charge is -2.09. The summed E-state index contributed by atoms with van der Waals surface area (Å²) in [6.07, 6.45) is 3.63. The SMILES string of the molecule is CS(=O)(=O)c1ccc(F)c(NC(=O)c2ccncc2Cl)c1. The van der Waals surface area contributed by atoms with Crippen molar-refractivity contribution in [3.05, 3.63) is 53.1 Å². The van der Waals surface area contributed by atoms with Gasteiger partial charge in [-0.1, -0.05) is 11.6 Å². The van der Waals surface area contributed by atoms with E-state index < -0.39 is 21.6 Å². The minimum absolute atomic E-state index is 0.0972. The average molecular weight is 329 g/mol. The van der Waals surface area contributed by atoms with E-state index in [1.165, 1.54) is 18.5 Å². The van der Waals surface area contributed by atoms with Gasteiger partial charge < -0.3 is 5.32 Å². The molecule has 0 radical (unpaired) electrons. The van der Waals surface area contributed by atoms with E-state index in [2.05, 4.69) is 10.3 Å². The predicted molar refractivity (Wildman–Crippen MR) is 76.7 cm³/mol. The fourth-order valence-electron chi connectivity index (χ4n) is 1.58. The van der Waals surface area contributed by atoms with Crippen molar-refractivity contribution < 1.29 is 17.6 Å². The van der Waals surface area contributed by atoms with E-state index in [0.717, 1.165) is 24.5 Å². The Morgan fingerprint density at radius 3 is 2.67 bits per heavy atom. The van der Waals surface area contributed by atoms with Gasteiger partial charge >= 0.3 is 0 Å². The third-order valence-electron chi connectivity index (χ3n) is 2.63. The molecule has 21 heavy (non-hydrogen) atoms.